The minimum atomic E-state index is -4.10. The molecule has 166 valence electrons. The van der Waals surface area contributed by atoms with Gasteiger partial charge in [0.15, 0.2) is 0 Å². The van der Waals surface area contributed by atoms with Gasteiger partial charge in [-0.15, -0.1) is 0 Å². The number of anilines is 2. The first-order valence-electron chi connectivity index (χ1n) is 9.21. The van der Waals surface area contributed by atoms with Gasteiger partial charge in [0.05, 0.1) is 35.9 Å². The van der Waals surface area contributed by atoms with E-state index in [0.717, 1.165) is 11.6 Å². The molecule has 0 saturated carbocycles. The van der Waals surface area contributed by atoms with Gasteiger partial charge in [-0.1, -0.05) is 12.1 Å². The topological polar surface area (TPSA) is 132 Å². The molecule has 0 spiro atoms. The zero-order valence-electron chi connectivity index (χ0n) is 17.2. The van der Waals surface area contributed by atoms with Gasteiger partial charge in [0.25, 0.3) is 15.7 Å². The van der Waals surface area contributed by atoms with Crippen LogP contribution in [0.3, 0.4) is 0 Å². The molecular formula is C21H20N4O6S. The van der Waals surface area contributed by atoms with Crippen molar-refractivity contribution in [2.24, 2.45) is 5.10 Å². The summed E-state index contributed by atoms with van der Waals surface area (Å²) in [7, 11) is -1.14. The maximum Gasteiger partial charge on any atom is 0.295 e. The third-order valence-electron chi connectivity index (χ3n) is 4.34. The second-order valence-corrected chi connectivity index (χ2v) is 8.07. The summed E-state index contributed by atoms with van der Waals surface area (Å²) >= 11 is 0. The summed E-state index contributed by atoms with van der Waals surface area (Å²) in [5.41, 5.74) is 3.12. The largest absolute Gasteiger partial charge is 0.497 e. The highest BCUT2D eigenvalue weighted by atomic mass is 32.2. The third kappa shape index (κ3) is 5.32. The van der Waals surface area contributed by atoms with Crippen LogP contribution in [0.15, 0.2) is 76.7 Å². The Bertz CT molecular complexity index is 1240. The highest BCUT2D eigenvalue weighted by molar-refractivity contribution is 7.92. The molecule has 0 saturated heterocycles. The van der Waals surface area contributed by atoms with Crippen LogP contribution in [0.4, 0.5) is 17.1 Å². The van der Waals surface area contributed by atoms with Crippen LogP contribution in [-0.2, 0) is 10.0 Å². The van der Waals surface area contributed by atoms with Crippen molar-refractivity contribution >= 4 is 33.3 Å². The van der Waals surface area contributed by atoms with Crippen LogP contribution >= 0.6 is 0 Å². The molecule has 0 aliphatic carbocycles. The Morgan fingerprint density at radius 3 is 2.34 bits per heavy atom. The van der Waals surface area contributed by atoms with Crippen LogP contribution in [0.25, 0.3) is 0 Å². The number of hydrogen-bond donors (Lipinski definition) is 2. The molecule has 0 aromatic heterocycles. The second-order valence-electron chi connectivity index (χ2n) is 6.39. The molecule has 32 heavy (non-hydrogen) atoms. The standard InChI is InChI=1S/C21H20N4O6S/c1-30-16-9-7-15(8-10-16)14-22-23-18-12-11-17(13-20(18)25(26)27)32(28,29)24-19-5-3-4-6-21(19)31-2/h3-14,23-24H,1-2H3/b22-14+. The van der Waals surface area contributed by atoms with Crippen molar-refractivity contribution in [1.29, 1.82) is 0 Å². The van der Waals surface area contributed by atoms with Gasteiger partial charge >= 0.3 is 0 Å². The monoisotopic (exact) mass is 456 g/mol. The molecule has 0 aliphatic rings. The van der Waals surface area contributed by atoms with Crippen LogP contribution < -0.4 is 19.6 Å². The van der Waals surface area contributed by atoms with E-state index >= 15 is 0 Å². The average Bonchev–Trinajstić information content (AvgIpc) is 2.79. The summed E-state index contributed by atoms with van der Waals surface area (Å²) in [5.74, 6) is 1.00. The Labute approximate surface area is 184 Å². The van der Waals surface area contributed by atoms with Gasteiger partial charge in [-0.2, -0.15) is 5.10 Å². The maximum atomic E-state index is 12.8. The molecule has 0 radical (unpaired) electrons. The SMILES string of the molecule is COc1ccc(/C=N/Nc2ccc(S(=O)(=O)Nc3ccccc3OC)cc2[N+](=O)[O-])cc1. The first kappa shape index (κ1) is 22.6. The number of ether oxygens (including phenoxy) is 2. The van der Waals surface area contributed by atoms with E-state index in [0.29, 0.717) is 11.5 Å². The zero-order chi connectivity index (χ0) is 23.1. The van der Waals surface area contributed by atoms with Crippen molar-refractivity contribution in [2.75, 3.05) is 24.4 Å². The van der Waals surface area contributed by atoms with Crippen molar-refractivity contribution in [3.63, 3.8) is 0 Å². The smallest absolute Gasteiger partial charge is 0.295 e. The lowest BCUT2D eigenvalue weighted by Gasteiger charge is -2.12. The first-order chi connectivity index (χ1) is 15.3. The number of hydrazone groups is 1. The van der Waals surface area contributed by atoms with Crippen molar-refractivity contribution in [3.8, 4) is 11.5 Å². The Morgan fingerprint density at radius 1 is 0.969 bits per heavy atom. The van der Waals surface area contributed by atoms with E-state index in [9.17, 15) is 18.5 Å². The number of sulfonamides is 1. The van der Waals surface area contributed by atoms with Crippen molar-refractivity contribution in [1.82, 2.24) is 0 Å². The normalized spacial score (nSPS) is 11.2. The minimum absolute atomic E-state index is 0.0380. The first-order valence-corrected chi connectivity index (χ1v) is 10.7. The quantitative estimate of drug-likeness (QED) is 0.284. The summed E-state index contributed by atoms with van der Waals surface area (Å²) in [6.07, 6.45) is 1.47. The highest BCUT2D eigenvalue weighted by Gasteiger charge is 2.22. The molecule has 3 aromatic carbocycles. The summed E-state index contributed by atoms with van der Waals surface area (Å²) in [6, 6.07) is 16.9. The van der Waals surface area contributed by atoms with Crippen LogP contribution in [0.2, 0.25) is 0 Å². The lowest BCUT2D eigenvalue weighted by atomic mass is 10.2. The number of nitro benzene ring substituents is 1. The number of rotatable bonds is 9. The molecule has 11 heteroatoms. The van der Waals surface area contributed by atoms with E-state index in [1.165, 1.54) is 31.5 Å². The number of nitrogens with one attached hydrogen (secondary N) is 2. The van der Waals surface area contributed by atoms with E-state index in [1.807, 2.05) is 0 Å². The Balaban J connectivity index is 1.83. The van der Waals surface area contributed by atoms with Crippen molar-refractivity contribution in [3.05, 3.63) is 82.4 Å². The Morgan fingerprint density at radius 2 is 1.69 bits per heavy atom. The van der Waals surface area contributed by atoms with E-state index in [1.54, 1.807) is 49.6 Å². The van der Waals surface area contributed by atoms with Crippen LogP contribution in [0.5, 0.6) is 11.5 Å². The molecule has 0 fully saturated rings. The zero-order valence-corrected chi connectivity index (χ0v) is 18.0. The van der Waals surface area contributed by atoms with Gasteiger partial charge < -0.3 is 9.47 Å². The molecule has 10 nitrogen and oxygen atoms in total. The minimum Gasteiger partial charge on any atom is -0.497 e. The molecule has 0 atom stereocenters. The molecule has 0 bridgehead atoms. The van der Waals surface area contributed by atoms with E-state index in [4.69, 9.17) is 9.47 Å². The van der Waals surface area contributed by atoms with E-state index < -0.39 is 20.6 Å². The maximum absolute atomic E-state index is 12.8. The van der Waals surface area contributed by atoms with Gasteiger partial charge in [0, 0.05) is 6.07 Å². The van der Waals surface area contributed by atoms with E-state index in [-0.39, 0.29) is 16.3 Å². The van der Waals surface area contributed by atoms with Crippen molar-refractivity contribution < 1.29 is 22.8 Å². The van der Waals surface area contributed by atoms with Gasteiger partial charge in [0.2, 0.25) is 0 Å². The third-order valence-corrected chi connectivity index (χ3v) is 5.71. The number of nitrogens with zero attached hydrogens (tertiary/aromatic N) is 2. The molecule has 0 unspecified atom stereocenters. The van der Waals surface area contributed by atoms with Gasteiger partial charge in [-0.3, -0.25) is 20.3 Å². The van der Waals surface area contributed by atoms with Gasteiger partial charge in [-0.25, -0.2) is 8.42 Å². The summed E-state index contributed by atoms with van der Waals surface area (Å²) in [4.78, 5) is 10.6. The Hall–Kier alpha value is -4.12. The summed E-state index contributed by atoms with van der Waals surface area (Å²) < 4.78 is 38.1. The number of benzene rings is 3. The molecule has 3 rings (SSSR count). The fourth-order valence-electron chi connectivity index (χ4n) is 2.72. The molecule has 3 aromatic rings. The van der Waals surface area contributed by atoms with Crippen LogP contribution in [0.1, 0.15) is 5.56 Å². The Kier molecular flexibility index (Phi) is 6.90. The molecular weight excluding hydrogens is 436 g/mol. The number of para-hydroxylation sites is 2. The van der Waals surface area contributed by atoms with E-state index in [2.05, 4.69) is 15.2 Å². The average molecular weight is 456 g/mol. The lowest BCUT2D eigenvalue weighted by Crippen LogP contribution is -2.14. The predicted molar refractivity (Wildman–Crippen MR) is 121 cm³/mol. The molecule has 2 N–H and O–H groups in total. The molecule has 0 aliphatic heterocycles. The fourth-order valence-corrected chi connectivity index (χ4v) is 3.81. The van der Waals surface area contributed by atoms with Gasteiger partial charge in [0.1, 0.15) is 17.2 Å². The lowest BCUT2D eigenvalue weighted by molar-refractivity contribution is -0.384. The van der Waals surface area contributed by atoms with Crippen LogP contribution in [0, 0.1) is 10.1 Å². The molecule has 0 amide bonds. The second kappa shape index (κ2) is 9.79. The number of hydrogen-bond acceptors (Lipinski definition) is 8. The fraction of sp³-hybridized carbons (Fsp3) is 0.0952. The number of methoxy groups -OCH3 is 2. The van der Waals surface area contributed by atoms with Gasteiger partial charge in [-0.05, 0) is 54.1 Å². The highest BCUT2D eigenvalue weighted by Crippen LogP contribution is 2.30. The summed E-state index contributed by atoms with van der Waals surface area (Å²) in [5, 5.41) is 15.5. The summed E-state index contributed by atoms with van der Waals surface area (Å²) in [6.45, 7) is 0. The van der Waals surface area contributed by atoms with Crippen LogP contribution in [-0.4, -0.2) is 33.8 Å². The predicted octanol–water partition coefficient (Wildman–Crippen LogP) is 3.86. The van der Waals surface area contributed by atoms with Crippen molar-refractivity contribution in [2.45, 2.75) is 4.90 Å². The number of nitro groups is 1. The molecule has 0 heterocycles.